The lowest BCUT2D eigenvalue weighted by Gasteiger charge is -2.29. The van der Waals surface area contributed by atoms with Gasteiger partial charge in [-0.1, -0.05) is 23.5 Å². The molecule has 168 valence electrons. The molecule has 3 aromatic heterocycles. The van der Waals surface area contributed by atoms with Crippen LogP contribution in [0.4, 0.5) is 5.13 Å². The summed E-state index contributed by atoms with van der Waals surface area (Å²) in [5.74, 6) is 0.441. The van der Waals surface area contributed by atoms with E-state index in [9.17, 15) is 9.90 Å². The third kappa shape index (κ3) is 5.03. The molecule has 33 heavy (non-hydrogen) atoms. The number of hydrogen-bond donors (Lipinski definition) is 2. The van der Waals surface area contributed by atoms with E-state index in [0.29, 0.717) is 22.1 Å². The lowest BCUT2D eigenvalue weighted by molar-refractivity contribution is 0.0792. The van der Waals surface area contributed by atoms with E-state index in [2.05, 4.69) is 20.2 Å². The van der Waals surface area contributed by atoms with Crippen LogP contribution in [0.25, 0.3) is 21.9 Å². The molecule has 8 heteroatoms. The smallest absolute Gasteiger partial charge is 0.257 e. The standard InChI is InChI=1S/C25H24N4O3S/c30-20-9-13-29(14-10-20)16-17-3-5-19(6-4-17)24(31)28-25-27-22(21-2-1-15-32-21)23(33-25)18-7-11-26-12-8-18/h1-8,11-12,15,20,30H,9-10,13-14,16H2,(H,27,28,31). The number of carbonyl (C=O) groups excluding carboxylic acids is 1. The van der Waals surface area contributed by atoms with Crippen molar-refractivity contribution < 1.29 is 14.3 Å². The first-order valence-corrected chi connectivity index (χ1v) is 11.7. The van der Waals surface area contributed by atoms with E-state index in [1.54, 1.807) is 18.7 Å². The molecule has 0 saturated carbocycles. The lowest BCUT2D eigenvalue weighted by Crippen LogP contribution is -2.35. The molecule has 4 heterocycles. The zero-order chi connectivity index (χ0) is 22.6. The Hall–Kier alpha value is -3.33. The van der Waals surface area contributed by atoms with Gasteiger partial charge < -0.3 is 9.52 Å². The first-order valence-electron chi connectivity index (χ1n) is 10.9. The first kappa shape index (κ1) is 21.5. The van der Waals surface area contributed by atoms with E-state index >= 15 is 0 Å². The van der Waals surface area contributed by atoms with Crippen LogP contribution in [0.15, 0.2) is 71.6 Å². The second-order valence-electron chi connectivity index (χ2n) is 8.07. The predicted molar refractivity (Wildman–Crippen MR) is 128 cm³/mol. The fourth-order valence-corrected chi connectivity index (χ4v) is 4.89. The molecule has 2 N–H and O–H groups in total. The van der Waals surface area contributed by atoms with Gasteiger partial charge in [0.2, 0.25) is 0 Å². The summed E-state index contributed by atoms with van der Waals surface area (Å²) in [4.78, 5) is 24.8. The van der Waals surface area contributed by atoms with E-state index in [1.807, 2.05) is 48.5 Å². The molecule has 0 bridgehead atoms. The third-order valence-electron chi connectivity index (χ3n) is 5.72. The van der Waals surface area contributed by atoms with E-state index in [-0.39, 0.29) is 12.0 Å². The van der Waals surface area contributed by atoms with Crippen molar-refractivity contribution in [3.63, 3.8) is 0 Å². The molecular formula is C25H24N4O3S. The minimum absolute atomic E-state index is 0.175. The van der Waals surface area contributed by atoms with Crippen molar-refractivity contribution in [2.75, 3.05) is 18.4 Å². The molecule has 4 aromatic rings. The number of thiazole rings is 1. The highest BCUT2D eigenvalue weighted by molar-refractivity contribution is 7.19. The Morgan fingerprint density at radius 3 is 2.58 bits per heavy atom. The van der Waals surface area contributed by atoms with Gasteiger partial charge in [0, 0.05) is 37.6 Å². The van der Waals surface area contributed by atoms with Gasteiger partial charge >= 0.3 is 0 Å². The molecule has 1 aliphatic rings. The third-order valence-corrected chi connectivity index (χ3v) is 6.74. The number of nitrogens with zero attached hydrogens (tertiary/aromatic N) is 3. The number of aromatic nitrogens is 2. The van der Waals surface area contributed by atoms with Gasteiger partial charge in [-0.15, -0.1) is 0 Å². The van der Waals surface area contributed by atoms with Gasteiger partial charge in [0.1, 0.15) is 5.69 Å². The molecule has 5 rings (SSSR count). The number of aliphatic hydroxyl groups excluding tert-OH is 1. The van der Waals surface area contributed by atoms with Crippen molar-refractivity contribution in [3.05, 3.63) is 78.3 Å². The molecular weight excluding hydrogens is 436 g/mol. The normalized spacial score (nSPS) is 14.9. The largest absolute Gasteiger partial charge is 0.463 e. The highest BCUT2D eigenvalue weighted by Crippen LogP contribution is 2.39. The Balaban J connectivity index is 1.30. The van der Waals surface area contributed by atoms with Crippen LogP contribution in [-0.2, 0) is 6.54 Å². The molecule has 1 amide bonds. The summed E-state index contributed by atoms with van der Waals surface area (Å²) < 4.78 is 5.56. The van der Waals surface area contributed by atoms with Gasteiger partial charge in [-0.2, -0.15) is 0 Å². The number of aliphatic hydroxyl groups is 1. The fourth-order valence-electron chi connectivity index (χ4n) is 3.92. The van der Waals surface area contributed by atoms with Crippen LogP contribution < -0.4 is 5.32 Å². The van der Waals surface area contributed by atoms with Crippen molar-refractivity contribution in [3.8, 4) is 21.9 Å². The number of carbonyl (C=O) groups is 1. The number of piperidine rings is 1. The summed E-state index contributed by atoms with van der Waals surface area (Å²) >= 11 is 1.40. The number of benzene rings is 1. The number of anilines is 1. The van der Waals surface area contributed by atoms with E-state index < -0.39 is 0 Å². The van der Waals surface area contributed by atoms with Crippen LogP contribution in [-0.4, -0.2) is 45.1 Å². The summed E-state index contributed by atoms with van der Waals surface area (Å²) in [6.45, 7) is 2.61. The highest BCUT2D eigenvalue weighted by Gasteiger charge is 2.19. The molecule has 1 aromatic carbocycles. The summed E-state index contributed by atoms with van der Waals surface area (Å²) in [6.07, 6.45) is 6.52. The van der Waals surface area contributed by atoms with Gasteiger partial charge in [0.25, 0.3) is 5.91 Å². The van der Waals surface area contributed by atoms with Crippen molar-refractivity contribution in [1.29, 1.82) is 0 Å². The first-order chi connectivity index (χ1) is 16.2. The topological polar surface area (TPSA) is 91.5 Å². The van der Waals surface area contributed by atoms with Crippen molar-refractivity contribution in [2.45, 2.75) is 25.5 Å². The second-order valence-corrected chi connectivity index (χ2v) is 9.07. The molecule has 1 aliphatic heterocycles. The summed E-state index contributed by atoms with van der Waals surface area (Å²) in [5, 5.41) is 13.1. The van der Waals surface area contributed by atoms with Gasteiger partial charge in [-0.25, -0.2) is 4.98 Å². The van der Waals surface area contributed by atoms with E-state index in [0.717, 1.165) is 48.5 Å². The molecule has 0 atom stereocenters. The van der Waals surface area contributed by atoms with Gasteiger partial charge in [-0.3, -0.25) is 20.0 Å². The summed E-state index contributed by atoms with van der Waals surface area (Å²) in [5.41, 5.74) is 3.38. The number of amides is 1. The van der Waals surface area contributed by atoms with Crippen molar-refractivity contribution in [1.82, 2.24) is 14.9 Å². The maximum Gasteiger partial charge on any atom is 0.257 e. The van der Waals surface area contributed by atoms with Crippen LogP contribution in [0.5, 0.6) is 0 Å². The summed E-state index contributed by atoms with van der Waals surface area (Å²) in [6, 6.07) is 15.1. The van der Waals surface area contributed by atoms with Gasteiger partial charge in [-0.05, 0) is 60.4 Å². The number of hydrogen-bond acceptors (Lipinski definition) is 7. The Kier molecular flexibility index (Phi) is 6.30. The Morgan fingerprint density at radius 1 is 1.12 bits per heavy atom. The number of pyridine rings is 1. The molecule has 1 saturated heterocycles. The molecule has 0 spiro atoms. The highest BCUT2D eigenvalue weighted by atomic mass is 32.1. The number of rotatable bonds is 6. The van der Waals surface area contributed by atoms with Crippen LogP contribution in [0.1, 0.15) is 28.8 Å². The van der Waals surface area contributed by atoms with Crippen LogP contribution in [0.2, 0.25) is 0 Å². The van der Waals surface area contributed by atoms with Crippen LogP contribution in [0.3, 0.4) is 0 Å². The minimum atomic E-state index is -0.205. The molecule has 7 nitrogen and oxygen atoms in total. The number of furan rings is 1. The molecule has 0 radical (unpaired) electrons. The average Bonchev–Trinajstić information content (AvgIpc) is 3.52. The van der Waals surface area contributed by atoms with Crippen LogP contribution >= 0.6 is 11.3 Å². The molecule has 1 fully saturated rings. The number of nitrogens with one attached hydrogen (secondary N) is 1. The average molecular weight is 461 g/mol. The van der Waals surface area contributed by atoms with Crippen molar-refractivity contribution >= 4 is 22.4 Å². The molecule has 0 unspecified atom stereocenters. The quantitative estimate of drug-likeness (QED) is 0.434. The zero-order valence-electron chi connectivity index (χ0n) is 18.0. The Labute approximate surface area is 195 Å². The van der Waals surface area contributed by atoms with E-state index in [4.69, 9.17) is 4.42 Å². The van der Waals surface area contributed by atoms with Crippen molar-refractivity contribution in [2.24, 2.45) is 0 Å². The van der Waals surface area contributed by atoms with Crippen LogP contribution in [0, 0.1) is 0 Å². The number of likely N-dealkylation sites (tertiary alicyclic amines) is 1. The SMILES string of the molecule is O=C(Nc1nc(-c2ccco2)c(-c2ccncc2)s1)c1ccc(CN2CCC(O)CC2)cc1. The Bertz CT molecular complexity index is 1200. The van der Waals surface area contributed by atoms with Gasteiger partial charge in [0.15, 0.2) is 10.9 Å². The van der Waals surface area contributed by atoms with E-state index in [1.165, 1.54) is 11.3 Å². The molecule has 0 aliphatic carbocycles. The zero-order valence-corrected chi connectivity index (χ0v) is 18.8. The maximum absolute atomic E-state index is 12.9. The second kappa shape index (κ2) is 9.66. The Morgan fingerprint density at radius 2 is 1.88 bits per heavy atom. The fraction of sp³-hybridized carbons (Fsp3) is 0.240. The maximum atomic E-state index is 12.9. The minimum Gasteiger partial charge on any atom is -0.463 e. The van der Waals surface area contributed by atoms with Gasteiger partial charge in [0.05, 0.1) is 17.2 Å². The predicted octanol–water partition coefficient (Wildman–Crippen LogP) is 4.67. The lowest BCUT2D eigenvalue weighted by atomic mass is 10.1. The summed E-state index contributed by atoms with van der Waals surface area (Å²) in [7, 11) is 0. The monoisotopic (exact) mass is 460 g/mol.